The molecule has 0 aliphatic heterocycles. The maximum absolute atomic E-state index is 4.33. The van der Waals surface area contributed by atoms with Gasteiger partial charge in [0.15, 0.2) is 0 Å². The molecule has 0 N–H and O–H groups in total. The normalized spacial score (nSPS) is 12.3. The molecule has 1 atom stereocenters. The fourth-order valence-electron chi connectivity index (χ4n) is 1.74. The minimum absolute atomic E-state index is 0.538. The van der Waals surface area contributed by atoms with Crippen LogP contribution in [0.4, 0.5) is 0 Å². The summed E-state index contributed by atoms with van der Waals surface area (Å²) in [7, 11) is 0. The average molecular weight is 212 g/mol. The van der Waals surface area contributed by atoms with Crippen LogP contribution in [0, 0.1) is 0 Å². The Labute approximate surface area is 96.4 Å². The molecule has 0 aliphatic rings. The van der Waals surface area contributed by atoms with Crippen LogP contribution in [0.1, 0.15) is 30.5 Å². The third kappa shape index (κ3) is 2.89. The zero-order valence-corrected chi connectivity index (χ0v) is 9.50. The molecule has 0 radical (unpaired) electrons. The third-order valence-electron chi connectivity index (χ3n) is 2.81. The number of aromatic nitrogens is 2. The van der Waals surface area contributed by atoms with Crippen molar-refractivity contribution in [2.45, 2.75) is 25.7 Å². The van der Waals surface area contributed by atoms with Gasteiger partial charge in [-0.3, -0.25) is 9.97 Å². The molecule has 2 heteroatoms. The van der Waals surface area contributed by atoms with Gasteiger partial charge in [0, 0.05) is 24.3 Å². The van der Waals surface area contributed by atoms with E-state index in [4.69, 9.17) is 0 Å². The lowest BCUT2D eigenvalue weighted by atomic mass is 9.97. The van der Waals surface area contributed by atoms with Gasteiger partial charge in [0.2, 0.25) is 0 Å². The number of hydrogen-bond acceptors (Lipinski definition) is 2. The first kappa shape index (κ1) is 10.8. The predicted molar refractivity (Wildman–Crippen MR) is 65.2 cm³/mol. The number of aryl methyl sites for hydroxylation is 1. The van der Waals surface area contributed by atoms with E-state index in [0.717, 1.165) is 12.8 Å². The molecule has 2 aromatic heterocycles. The summed E-state index contributed by atoms with van der Waals surface area (Å²) in [5, 5.41) is 0. The smallest absolute Gasteiger partial charge is 0.0403 e. The van der Waals surface area contributed by atoms with E-state index in [1.807, 2.05) is 36.8 Å². The first-order valence-corrected chi connectivity index (χ1v) is 5.66. The summed E-state index contributed by atoms with van der Waals surface area (Å²) in [4.78, 5) is 8.47. The van der Waals surface area contributed by atoms with Crippen molar-refractivity contribution in [1.29, 1.82) is 0 Å². The molecule has 0 saturated heterocycles. The highest BCUT2D eigenvalue weighted by atomic mass is 14.7. The average Bonchev–Trinajstić information content (AvgIpc) is 2.38. The number of hydrogen-bond donors (Lipinski definition) is 0. The van der Waals surface area contributed by atoms with Crippen LogP contribution in [-0.4, -0.2) is 9.97 Å². The summed E-state index contributed by atoms with van der Waals surface area (Å²) in [6.45, 7) is 2.24. The molecular weight excluding hydrogens is 196 g/mol. The minimum atomic E-state index is 0.538. The van der Waals surface area contributed by atoms with Crippen molar-refractivity contribution in [3.05, 3.63) is 60.2 Å². The number of nitrogens with zero attached hydrogens (tertiary/aromatic N) is 2. The van der Waals surface area contributed by atoms with E-state index in [2.05, 4.69) is 29.0 Å². The van der Waals surface area contributed by atoms with Crippen LogP contribution in [0.25, 0.3) is 0 Å². The van der Waals surface area contributed by atoms with Crippen LogP contribution in [-0.2, 0) is 6.42 Å². The van der Waals surface area contributed by atoms with Gasteiger partial charge in [-0.2, -0.15) is 0 Å². The van der Waals surface area contributed by atoms with Gasteiger partial charge in [-0.15, -0.1) is 0 Å². The molecule has 0 aromatic carbocycles. The van der Waals surface area contributed by atoms with E-state index in [9.17, 15) is 0 Å². The molecule has 2 aromatic rings. The summed E-state index contributed by atoms with van der Waals surface area (Å²) in [5.74, 6) is 0.538. The SMILES string of the molecule is CC(CCc1ccccn1)c1cccnc1. The maximum atomic E-state index is 4.33. The standard InChI is InChI=1S/C14H16N2/c1-12(13-5-4-9-15-11-13)7-8-14-6-2-3-10-16-14/h2-6,9-12H,7-8H2,1H3. The molecule has 0 fully saturated rings. The summed E-state index contributed by atoms with van der Waals surface area (Å²) < 4.78 is 0. The molecule has 0 saturated carbocycles. The fourth-order valence-corrected chi connectivity index (χ4v) is 1.74. The summed E-state index contributed by atoms with van der Waals surface area (Å²) in [6, 6.07) is 10.2. The van der Waals surface area contributed by atoms with Crippen LogP contribution in [0.3, 0.4) is 0 Å². The Hall–Kier alpha value is -1.70. The Morgan fingerprint density at radius 2 is 2.06 bits per heavy atom. The molecule has 0 spiro atoms. The van der Waals surface area contributed by atoms with Crippen molar-refractivity contribution in [1.82, 2.24) is 9.97 Å². The van der Waals surface area contributed by atoms with Crippen LogP contribution in [0.15, 0.2) is 48.9 Å². The molecule has 1 unspecified atom stereocenters. The molecule has 16 heavy (non-hydrogen) atoms. The van der Waals surface area contributed by atoms with E-state index in [1.165, 1.54) is 11.3 Å². The van der Waals surface area contributed by atoms with Gasteiger partial charge >= 0.3 is 0 Å². The van der Waals surface area contributed by atoms with E-state index in [0.29, 0.717) is 5.92 Å². The predicted octanol–water partition coefficient (Wildman–Crippen LogP) is 3.21. The van der Waals surface area contributed by atoms with Crippen molar-refractivity contribution in [3.8, 4) is 0 Å². The molecule has 2 heterocycles. The van der Waals surface area contributed by atoms with Crippen molar-refractivity contribution in [2.75, 3.05) is 0 Å². The van der Waals surface area contributed by atoms with Gasteiger partial charge in [-0.25, -0.2) is 0 Å². The second-order valence-corrected chi connectivity index (χ2v) is 4.05. The Bertz CT molecular complexity index is 411. The van der Waals surface area contributed by atoms with Crippen molar-refractivity contribution in [2.24, 2.45) is 0 Å². The van der Waals surface area contributed by atoms with Crippen LogP contribution < -0.4 is 0 Å². The van der Waals surface area contributed by atoms with Gasteiger partial charge in [-0.05, 0) is 42.5 Å². The van der Waals surface area contributed by atoms with E-state index in [-0.39, 0.29) is 0 Å². The summed E-state index contributed by atoms with van der Waals surface area (Å²) in [6.07, 6.45) is 7.75. The van der Waals surface area contributed by atoms with Gasteiger partial charge in [0.05, 0.1) is 0 Å². The summed E-state index contributed by atoms with van der Waals surface area (Å²) >= 11 is 0. The minimum Gasteiger partial charge on any atom is -0.264 e. The van der Waals surface area contributed by atoms with Crippen LogP contribution in [0.5, 0.6) is 0 Å². The lowest BCUT2D eigenvalue weighted by molar-refractivity contribution is 0.668. The van der Waals surface area contributed by atoms with Crippen LogP contribution in [0.2, 0.25) is 0 Å². The molecular formula is C14H16N2. The lowest BCUT2D eigenvalue weighted by Gasteiger charge is -2.10. The van der Waals surface area contributed by atoms with Gasteiger partial charge in [0.25, 0.3) is 0 Å². The molecule has 0 bridgehead atoms. The molecule has 82 valence electrons. The third-order valence-corrected chi connectivity index (χ3v) is 2.81. The second kappa shape index (κ2) is 5.40. The number of pyridine rings is 2. The Morgan fingerprint density at radius 3 is 2.75 bits per heavy atom. The molecule has 2 nitrogen and oxygen atoms in total. The van der Waals surface area contributed by atoms with Crippen molar-refractivity contribution >= 4 is 0 Å². The molecule has 0 aliphatic carbocycles. The quantitative estimate of drug-likeness (QED) is 0.777. The van der Waals surface area contributed by atoms with Crippen LogP contribution >= 0.6 is 0 Å². The monoisotopic (exact) mass is 212 g/mol. The number of rotatable bonds is 4. The van der Waals surface area contributed by atoms with E-state index >= 15 is 0 Å². The Morgan fingerprint density at radius 1 is 1.12 bits per heavy atom. The van der Waals surface area contributed by atoms with E-state index in [1.54, 1.807) is 0 Å². The van der Waals surface area contributed by atoms with Crippen molar-refractivity contribution < 1.29 is 0 Å². The van der Waals surface area contributed by atoms with Gasteiger partial charge in [-0.1, -0.05) is 19.1 Å². The van der Waals surface area contributed by atoms with Gasteiger partial charge < -0.3 is 0 Å². The zero-order chi connectivity index (χ0) is 11.2. The first-order valence-electron chi connectivity index (χ1n) is 5.66. The summed E-state index contributed by atoms with van der Waals surface area (Å²) in [5.41, 5.74) is 2.47. The topological polar surface area (TPSA) is 25.8 Å². The zero-order valence-electron chi connectivity index (χ0n) is 9.50. The fraction of sp³-hybridized carbons (Fsp3) is 0.286. The van der Waals surface area contributed by atoms with Gasteiger partial charge in [0.1, 0.15) is 0 Å². The van der Waals surface area contributed by atoms with E-state index < -0.39 is 0 Å². The molecule has 0 amide bonds. The highest BCUT2D eigenvalue weighted by molar-refractivity contribution is 5.14. The highest BCUT2D eigenvalue weighted by Gasteiger charge is 2.05. The lowest BCUT2D eigenvalue weighted by Crippen LogP contribution is -1.98. The largest absolute Gasteiger partial charge is 0.264 e. The van der Waals surface area contributed by atoms with Crippen molar-refractivity contribution in [3.63, 3.8) is 0 Å². The highest BCUT2D eigenvalue weighted by Crippen LogP contribution is 2.19. The Balaban J connectivity index is 1.92. The Kier molecular flexibility index (Phi) is 3.65. The molecule has 2 rings (SSSR count). The maximum Gasteiger partial charge on any atom is 0.0403 e. The first-order chi connectivity index (χ1) is 7.86. The second-order valence-electron chi connectivity index (χ2n) is 4.05.